The summed E-state index contributed by atoms with van der Waals surface area (Å²) in [5.74, 6) is -1.48. The van der Waals surface area contributed by atoms with E-state index in [0.717, 1.165) is 25.9 Å². The first kappa shape index (κ1) is 22.2. The topological polar surface area (TPSA) is 96.4 Å². The number of ether oxygens (including phenoxy) is 2. The Kier molecular flexibility index (Phi) is 6.77. The number of hydrogen-bond donors (Lipinski definition) is 1. The van der Waals surface area contributed by atoms with Gasteiger partial charge in [-0.2, -0.15) is 0 Å². The number of nitrogens with zero attached hydrogens (tertiary/aromatic N) is 2. The number of likely N-dealkylation sites (tertiary alicyclic amines) is 1. The van der Waals surface area contributed by atoms with Gasteiger partial charge in [-0.3, -0.25) is 9.59 Å². The minimum absolute atomic E-state index is 0.0583. The van der Waals surface area contributed by atoms with E-state index in [1.165, 1.54) is 4.90 Å². The maximum absolute atomic E-state index is 13.0. The molecule has 1 N–H and O–H groups in total. The van der Waals surface area contributed by atoms with Crippen molar-refractivity contribution in [2.45, 2.75) is 57.8 Å². The van der Waals surface area contributed by atoms with Crippen LogP contribution >= 0.6 is 0 Å². The molecule has 2 amide bonds. The lowest BCUT2D eigenvalue weighted by Gasteiger charge is -2.35. The van der Waals surface area contributed by atoms with Gasteiger partial charge in [0.2, 0.25) is 0 Å². The molecule has 0 radical (unpaired) electrons. The molecular weight excluding hydrogens is 388 g/mol. The van der Waals surface area contributed by atoms with Gasteiger partial charge in [-0.15, -0.1) is 0 Å². The molecule has 164 valence electrons. The first-order valence-electron chi connectivity index (χ1n) is 10.5. The van der Waals surface area contributed by atoms with Crippen LogP contribution in [-0.2, 0) is 19.1 Å². The van der Waals surface area contributed by atoms with Crippen molar-refractivity contribution in [1.82, 2.24) is 4.90 Å². The van der Waals surface area contributed by atoms with Crippen LogP contribution in [0.4, 0.5) is 5.69 Å². The van der Waals surface area contributed by atoms with Crippen LogP contribution < -0.4 is 4.90 Å². The number of aliphatic hydroxyl groups is 1. The van der Waals surface area contributed by atoms with Gasteiger partial charge in [0.25, 0.3) is 11.8 Å². The van der Waals surface area contributed by atoms with Crippen LogP contribution in [0.25, 0.3) is 0 Å². The van der Waals surface area contributed by atoms with Gasteiger partial charge in [0, 0.05) is 30.9 Å². The zero-order valence-corrected chi connectivity index (χ0v) is 17.8. The number of rotatable bonds is 6. The van der Waals surface area contributed by atoms with Crippen molar-refractivity contribution in [3.8, 4) is 0 Å². The van der Waals surface area contributed by atoms with Crippen molar-refractivity contribution in [3.63, 3.8) is 0 Å². The van der Waals surface area contributed by atoms with E-state index < -0.39 is 29.7 Å². The highest BCUT2D eigenvalue weighted by molar-refractivity contribution is 6.02. The van der Waals surface area contributed by atoms with E-state index in [-0.39, 0.29) is 19.1 Å². The summed E-state index contributed by atoms with van der Waals surface area (Å²) in [6.07, 6.45) is -0.512. The van der Waals surface area contributed by atoms with Gasteiger partial charge in [-0.1, -0.05) is 13.0 Å². The van der Waals surface area contributed by atoms with E-state index in [2.05, 4.69) is 0 Å². The van der Waals surface area contributed by atoms with Crippen LogP contribution in [0.2, 0.25) is 0 Å². The molecule has 0 saturated carbocycles. The minimum Gasteiger partial charge on any atom is -0.458 e. The molecule has 3 rings (SSSR count). The molecule has 0 bridgehead atoms. The third-order valence-electron chi connectivity index (χ3n) is 5.68. The predicted octanol–water partition coefficient (Wildman–Crippen LogP) is 1.75. The van der Waals surface area contributed by atoms with Crippen molar-refractivity contribution < 1.29 is 29.0 Å². The molecule has 2 atom stereocenters. The average molecular weight is 418 g/mol. The van der Waals surface area contributed by atoms with E-state index in [1.54, 1.807) is 43.0 Å². The molecule has 2 fully saturated rings. The lowest BCUT2D eigenvalue weighted by Crippen LogP contribution is -2.55. The number of anilines is 1. The quantitative estimate of drug-likeness (QED) is 0.707. The summed E-state index contributed by atoms with van der Waals surface area (Å²) in [6, 6.07) is 6.86. The normalized spacial score (nSPS) is 20.9. The van der Waals surface area contributed by atoms with Crippen molar-refractivity contribution in [1.29, 1.82) is 0 Å². The van der Waals surface area contributed by atoms with Gasteiger partial charge in [-0.05, 0) is 51.3 Å². The van der Waals surface area contributed by atoms with Crippen molar-refractivity contribution in [3.05, 3.63) is 29.8 Å². The fraction of sp³-hybridized carbons (Fsp3) is 0.591. The first-order valence-corrected chi connectivity index (χ1v) is 10.5. The summed E-state index contributed by atoms with van der Waals surface area (Å²) < 4.78 is 10.7. The standard InChI is InChI=1S/C22H30N2O6/c1-4-22(2,3)30-21(28)17(25)18-20(27)24(12-13-29-18)16-9-7-8-15(14-16)19(26)23-10-5-6-11-23/h7-9,14,17-18,25H,4-6,10-13H2,1-3H3/t17-,18-/m1/s1. The van der Waals surface area contributed by atoms with Crippen LogP contribution in [-0.4, -0.2) is 71.8 Å². The molecule has 0 unspecified atom stereocenters. The highest BCUT2D eigenvalue weighted by atomic mass is 16.6. The average Bonchev–Trinajstić information content (AvgIpc) is 3.27. The molecule has 2 heterocycles. The Morgan fingerprint density at radius 2 is 1.97 bits per heavy atom. The maximum Gasteiger partial charge on any atom is 0.338 e. The van der Waals surface area contributed by atoms with Gasteiger partial charge in [-0.25, -0.2) is 4.79 Å². The molecule has 0 spiro atoms. The smallest absolute Gasteiger partial charge is 0.338 e. The lowest BCUT2D eigenvalue weighted by atomic mass is 10.1. The van der Waals surface area contributed by atoms with Gasteiger partial charge < -0.3 is 24.4 Å². The number of benzene rings is 1. The second-order valence-corrected chi connectivity index (χ2v) is 8.31. The van der Waals surface area contributed by atoms with E-state index in [4.69, 9.17) is 9.47 Å². The molecule has 30 heavy (non-hydrogen) atoms. The third kappa shape index (κ3) is 4.82. The van der Waals surface area contributed by atoms with Crippen LogP contribution in [0.5, 0.6) is 0 Å². The second kappa shape index (κ2) is 9.14. The molecule has 2 saturated heterocycles. The SMILES string of the molecule is CCC(C)(C)OC(=O)[C@H](O)[C@H]1OCCN(c2cccc(C(=O)N3CCCC3)c2)C1=O. The monoisotopic (exact) mass is 418 g/mol. The van der Waals surface area contributed by atoms with Crippen molar-refractivity contribution in [2.24, 2.45) is 0 Å². The molecule has 2 aliphatic rings. The molecule has 8 nitrogen and oxygen atoms in total. The van der Waals surface area contributed by atoms with Crippen LogP contribution in [0, 0.1) is 0 Å². The second-order valence-electron chi connectivity index (χ2n) is 8.31. The fourth-order valence-corrected chi connectivity index (χ4v) is 3.53. The summed E-state index contributed by atoms with van der Waals surface area (Å²) in [4.78, 5) is 41.2. The van der Waals surface area contributed by atoms with Gasteiger partial charge in [0.1, 0.15) is 5.60 Å². The van der Waals surface area contributed by atoms with E-state index in [9.17, 15) is 19.5 Å². The Labute approximate surface area is 176 Å². The molecule has 1 aromatic carbocycles. The molecule has 1 aromatic rings. The number of carbonyl (C=O) groups is 3. The van der Waals surface area contributed by atoms with Gasteiger partial charge in [0.15, 0.2) is 12.2 Å². The maximum atomic E-state index is 13.0. The van der Waals surface area contributed by atoms with Crippen molar-refractivity contribution in [2.75, 3.05) is 31.1 Å². The summed E-state index contributed by atoms with van der Waals surface area (Å²) >= 11 is 0. The summed E-state index contributed by atoms with van der Waals surface area (Å²) in [5.41, 5.74) is 0.294. The molecular formula is C22H30N2O6. The largest absolute Gasteiger partial charge is 0.458 e. The Morgan fingerprint density at radius 1 is 1.27 bits per heavy atom. The molecule has 2 aliphatic heterocycles. The Balaban J connectivity index is 1.74. The summed E-state index contributed by atoms with van der Waals surface area (Å²) in [5, 5.41) is 10.4. The number of morpholine rings is 1. The van der Waals surface area contributed by atoms with Crippen LogP contribution in [0.15, 0.2) is 24.3 Å². The predicted molar refractivity (Wildman–Crippen MR) is 110 cm³/mol. The van der Waals surface area contributed by atoms with Gasteiger partial charge in [0.05, 0.1) is 6.61 Å². The molecule has 0 aromatic heterocycles. The first-order chi connectivity index (χ1) is 14.2. The summed E-state index contributed by atoms with van der Waals surface area (Å²) in [6.45, 7) is 7.22. The molecule has 0 aliphatic carbocycles. The fourth-order valence-electron chi connectivity index (χ4n) is 3.53. The zero-order valence-electron chi connectivity index (χ0n) is 17.8. The Bertz CT molecular complexity index is 803. The molecule has 8 heteroatoms. The van der Waals surface area contributed by atoms with E-state index >= 15 is 0 Å². The summed E-state index contributed by atoms with van der Waals surface area (Å²) in [7, 11) is 0. The minimum atomic E-state index is -1.72. The lowest BCUT2D eigenvalue weighted by molar-refractivity contribution is -0.179. The zero-order chi connectivity index (χ0) is 21.9. The van der Waals surface area contributed by atoms with E-state index in [1.807, 2.05) is 6.92 Å². The van der Waals surface area contributed by atoms with E-state index in [0.29, 0.717) is 17.7 Å². The van der Waals surface area contributed by atoms with Crippen LogP contribution in [0.3, 0.4) is 0 Å². The number of esters is 1. The van der Waals surface area contributed by atoms with Crippen molar-refractivity contribution >= 4 is 23.5 Å². The van der Waals surface area contributed by atoms with Gasteiger partial charge >= 0.3 is 5.97 Å². The Morgan fingerprint density at radius 3 is 2.63 bits per heavy atom. The number of hydrogen-bond acceptors (Lipinski definition) is 6. The third-order valence-corrected chi connectivity index (χ3v) is 5.68. The highest BCUT2D eigenvalue weighted by Crippen LogP contribution is 2.24. The van der Waals surface area contributed by atoms with Crippen LogP contribution in [0.1, 0.15) is 50.4 Å². The number of aliphatic hydroxyl groups excluding tert-OH is 1. The number of carbonyl (C=O) groups excluding carboxylic acids is 3. The highest BCUT2D eigenvalue weighted by Gasteiger charge is 2.41. The number of amides is 2. The Hall–Kier alpha value is -2.45.